The van der Waals surface area contributed by atoms with E-state index in [4.69, 9.17) is 5.11 Å². The summed E-state index contributed by atoms with van der Waals surface area (Å²) < 4.78 is 1.53. The molecule has 1 heterocycles. The lowest BCUT2D eigenvalue weighted by atomic mass is 10.0. The Morgan fingerprint density at radius 3 is 2.48 bits per heavy atom. The summed E-state index contributed by atoms with van der Waals surface area (Å²) in [5.41, 5.74) is 0.577. The van der Waals surface area contributed by atoms with Crippen molar-refractivity contribution in [2.45, 2.75) is 52.5 Å². The van der Waals surface area contributed by atoms with E-state index in [2.05, 4.69) is 5.32 Å². The van der Waals surface area contributed by atoms with Crippen LogP contribution in [0.2, 0.25) is 0 Å². The summed E-state index contributed by atoms with van der Waals surface area (Å²) in [6, 6.07) is 4.42. The van der Waals surface area contributed by atoms with E-state index in [9.17, 15) is 14.4 Å². The Hall–Kier alpha value is -2.11. The smallest absolute Gasteiger partial charge is 0.303 e. The number of unbranched alkanes of at least 4 members (excludes halogenated alkanes) is 2. The van der Waals surface area contributed by atoms with Crippen molar-refractivity contribution in [3.8, 4) is 0 Å². The quantitative estimate of drug-likeness (QED) is 0.682. The minimum absolute atomic E-state index is 0.0131. The van der Waals surface area contributed by atoms with E-state index in [0.717, 1.165) is 18.5 Å². The number of pyridine rings is 1. The van der Waals surface area contributed by atoms with E-state index < -0.39 is 12.0 Å². The first-order valence-electron chi connectivity index (χ1n) is 8.02. The van der Waals surface area contributed by atoms with Crippen LogP contribution in [0, 0.1) is 12.8 Å². The van der Waals surface area contributed by atoms with Crippen molar-refractivity contribution in [3.63, 3.8) is 0 Å². The molecule has 1 aromatic heterocycles. The Balaban J connectivity index is 2.63. The number of rotatable bonds is 9. The van der Waals surface area contributed by atoms with Gasteiger partial charge >= 0.3 is 5.97 Å². The zero-order chi connectivity index (χ0) is 17.4. The topological polar surface area (TPSA) is 88.4 Å². The highest BCUT2D eigenvalue weighted by molar-refractivity contribution is 5.80. The van der Waals surface area contributed by atoms with Gasteiger partial charge in [0, 0.05) is 24.7 Å². The van der Waals surface area contributed by atoms with Crippen molar-refractivity contribution in [1.82, 2.24) is 9.88 Å². The lowest BCUT2D eigenvalue weighted by Gasteiger charge is -2.24. The molecule has 1 unspecified atom stereocenters. The Labute approximate surface area is 136 Å². The lowest BCUT2D eigenvalue weighted by Crippen LogP contribution is -2.40. The van der Waals surface area contributed by atoms with Gasteiger partial charge in [0.25, 0.3) is 5.56 Å². The van der Waals surface area contributed by atoms with Gasteiger partial charge in [-0.2, -0.15) is 0 Å². The molecule has 23 heavy (non-hydrogen) atoms. The number of nitrogens with zero attached hydrogens (tertiary/aromatic N) is 1. The summed E-state index contributed by atoms with van der Waals surface area (Å²) in [5.74, 6) is -0.983. The van der Waals surface area contributed by atoms with Gasteiger partial charge in [0.2, 0.25) is 5.91 Å². The average Bonchev–Trinajstić information content (AvgIpc) is 2.45. The number of carboxylic acid groups (broad SMARTS) is 1. The molecule has 128 valence electrons. The number of aryl methyl sites for hydroxylation is 1. The molecule has 1 atom stereocenters. The number of aromatic nitrogens is 1. The van der Waals surface area contributed by atoms with Crippen molar-refractivity contribution in [2.24, 2.45) is 5.92 Å². The first kappa shape index (κ1) is 18.9. The maximum atomic E-state index is 12.5. The van der Waals surface area contributed by atoms with Crippen LogP contribution < -0.4 is 10.9 Å². The maximum Gasteiger partial charge on any atom is 0.303 e. The van der Waals surface area contributed by atoms with Crippen molar-refractivity contribution < 1.29 is 14.7 Å². The highest BCUT2D eigenvalue weighted by Gasteiger charge is 2.25. The van der Waals surface area contributed by atoms with Crippen LogP contribution in [-0.2, 0) is 9.59 Å². The fourth-order valence-electron chi connectivity index (χ4n) is 2.57. The van der Waals surface area contributed by atoms with Gasteiger partial charge in [0.15, 0.2) is 0 Å². The number of carboxylic acids is 1. The largest absolute Gasteiger partial charge is 0.481 e. The fraction of sp³-hybridized carbons (Fsp3) is 0.588. The molecule has 2 N–H and O–H groups in total. The molecule has 6 nitrogen and oxygen atoms in total. The fourth-order valence-corrected chi connectivity index (χ4v) is 2.57. The summed E-state index contributed by atoms with van der Waals surface area (Å²) >= 11 is 0. The van der Waals surface area contributed by atoms with Crippen LogP contribution in [-0.4, -0.2) is 28.1 Å². The number of aliphatic carboxylic acids is 1. The molecule has 0 radical (unpaired) electrons. The zero-order valence-electron chi connectivity index (χ0n) is 14.0. The van der Waals surface area contributed by atoms with Crippen LogP contribution in [0.25, 0.3) is 0 Å². The summed E-state index contributed by atoms with van der Waals surface area (Å²) in [5, 5.41) is 11.4. The number of amides is 1. The Morgan fingerprint density at radius 1 is 1.22 bits per heavy atom. The number of nitrogens with one attached hydrogen (secondary N) is 1. The van der Waals surface area contributed by atoms with Gasteiger partial charge < -0.3 is 15.0 Å². The van der Waals surface area contributed by atoms with E-state index in [1.807, 2.05) is 26.8 Å². The van der Waals surface area contributed by atoms with Crippen LogP contribution in [0.4, 0.5) is 0 Å². The molecule has 0 aliphatic heterocycles. The zero-order valence-corrected chi connectivity index (χ0v) is 14.0. The van der Waals surface area contributed by atoms with Crippen molar-refractivity contribution in [2.75, 3.05) is 6.54 Å². The molecular formula is C17H26N2O4. The molecule has 0 aliphatic rings. The van der Waals surface area contributed by atoms with Crippen LogP contribution >= 0.6 is 0 Å². The Bertz CT molecular complexity index is 593. The molecule has 0 saturated carbocycles. The molecule has 1 aromatic rings. The van der Waals surface area contributed by atoms with E-state index in [-0.39, 0.29) is 23.8 Å². The van der Waals surface area contributed by atoms with Gasteiger partial charge in [-0.05, 0) is 31.7 Å². The molecule has 6 heteroatoms. The predicted octanol–water partition coefficient (Wildman–Crippen LogP) is 2.12. The molecule has 1 amide bonds. The lowest BCUT2D eigenvalue weighted by molar-refractivity contribution is -0.137. The Kier molecular flexibility index (Phi) is 7.51. The van der Waals surface area contributed by atoms with E-state index in [0.29, 0.717) is 13.0 Å². The third-order valence-corrected chi connectivity index (χ3v) is 3.74. The van der Waals surface area contributed by atoms with E-state index in [1.165, 1.54) is 10.6 Å². The summed E-state index contributed by atoms with van der Waals surface area (Å²) in [4.78, 5) is 35.0. The molecule has 1 rings (SSSR count). The number of carbonyl (C=O) groups excluding carboxylic acids is 1. The number of hydrogen-bond donors (Lipinski definition) is 2. The third kappa shape index (κ3) is 5.88. The summed E-state index contributed by atoms with van der Waals surface area (Å²) in [6.07, 6.45) is 2.24. The van der Waals surface area contributed by atoms with Crippen LogP contribution in [0.15, 0.2) is 23.0 Å². The highest BCUT2D eigenvalue weighted by Crippen LogP contribution is 2.18. The highest BCUT2D eigenvalue weighted by atomic mass is 16.4. The van der Waals surface area contributed by atoms with Gasteiger partial charge in [-0.3, -0.25) is 14.4 Å². The first-order valence-corrected chi connectivity index (χ1v) is 8.02. The molecule has 0 aliphatic carbocycles. The Morgan fingerprint density at radius 2 is 1.91 bits per heavy atom. The normalized spacial score (nSPS) is 12.2. The van der Waals surface area contributed by atoms with Gasteiger partial charge in [-0.1, -0.05) is 26.3 Å². The summed E-state index contributed by atoms with van der Waals surface area (Å²) in [6.45, 7) is 6.13. The third-order valence-electron chi connectivity index (χ3n) is 3.74. The second-order valence-corrected chi connectivity index (χ2v) is 6.06. The molecule has 0 saturated heterocycles. The van der Waals surface area contributed by atoms with Crippen molar-refractivity contribution in [3.05, 3.63) is 34.2 Å². The van der Waals surface area contributed by atoms with E-state index >= 15 is 0 Å². The molecule has 0 aromatic carbocycles. The number of carbonyl (C=O) groups is 2. The van der Waals surface area contributed by atoms with Crippen molar-refractivity contribution in [1.29, 1.82) is 0 Å². The van der Waals surface area contributed by atoms with Gasteiger partial charge in [0.05, 0.1) is 0 Å². The van der Waals surface area contributed by atoms with Gasteiger partial charge in [-0.15, -0.1) is 0 Å². The predicted molar refractivity (Wildman–Crippen MR) is 88.4 cm³/mol. The van der Waals surface area contributed by atoms with Crippen LogP contribution in [0.3, 0.4) is 0 Å². The van der Waals surface area contributed by atoms with Gasteiger partial charge in [0.1, 0.15) is 6.04 Å². The standard InChI is InChI=1S/C17H26N2O4/c1-12(2)16(19-13(3)8-7-9-14(19)20)17(23)18-11-6-4-5-10-15(21)22/h7-9,12,16H,4-6,10-11H2,1-3H3,(H,18,23)(H,21,22). The monoisotopic (exact) mass is 322 g/mol. The molecule has 0 fully saturated rings. The second kappa shape index (κ2) is 9.12. The van der Waals surface area contributed by atoms with Crippen LogP contribution in [0.5, 0.6) is 0 Å². The van der Waals surface area contributed by atoms with E-state index in [1.54, 1.807) is 6.07 Å². The minimum Gasteiger partial charge on any atom is -0.481 e. The SMILES string of the molecule is Cc1cccc(=O)n1C(C(=O)NCCCCCC(=O)O)C(C)C. The van der Waals surface area contributed by atoms with Crippen molar-refractivity contribution >= 4 is 11.9 Å². The molecule has 0 bridgehead atoms. The van der Waals surface area contributed by atoms with Crippen LogP contribution in [0.1, 0.15) is 51.3 Å². The summed E-state index contributed by atoms with van der Waals surface area (Å²) in [7, 11) is 0. The second-order valence-electron chi connectivity index (χ2n) is 6.06. The van der Waals surface area contributed by atoms with Gasteiger partial charge in [-0.25, -0.2) is 0 Å². The number of hydrogen-bond acceptors (Lipinski definition) is 3. The first-order chi connectivity index (χ1) is 10.8. The minimum atomic E-state index is -0.798. The molecule has 0 spiro atoms. The molecular weight excluding hydrogens is 296 g/mol. The average molecular weight is 322 g/mol. The maximum absolute atomic E-state index is 12.5.